The highest BCUT2D eigenvalue weighted by Gasteiger charge is 2.11. The number of nitrogens with zero attached hydrogens (tertiary/aromatic N) is 2. The van der Waals surface area contributed by atoms with Crippen molar-refractivity contribution >= 4 is 11.6 Å². The number of hydrogen-bond acceptors (Lipinski definition) is 5. The molecule has 0 atom stereocenters. The summed E-state index contributed by atoms with van der Waals surface area (Å²) < 4.78 is 5.09. The SMILES string of the molecule is O=C(Nc1cccc(-c2nnco2)c1)c1c[nH]ccc1=O. The minimum Gasteiger partial charge on any atom is -0.423 e. The molecule has 7 heteroatoms. The van der Waals surface area contributed by atoms with Gasteiger partial charge in [0.05, 0.1) is 0 Å². The molecule has 104 valence electrons. The second-order valence-electron chi connectivity index (χ2n) is 4.20. The summed E-state index contributed by atoms with van der Waals surface area (Å²) in [6, 6.07) is 8.20. The summed E-state index contributed by atoms with van der Waals surface area (Å²) in [5.41, 5.74) is 0.895. The first kappa shape index (κ1) is 12.8. The molecule has 0 aliphatic heterocycles. The van der Waals surface area contributed by atoms with Gasteiger partial charge in [-0.05, 0) is 18.2 Å². The van der Waals surface area contributed by atoms with E-state index in [1.54, 1.807) is 24.3 Å². The van der Waals surface area contributed by atoms with Crippen LogP contribution in [0.3, 0.4) is 0 Å². The number of H-pyrrole nitrogens is 1. The highest BCUT2D eigenvalue weighted by Crippen LogP contribution is 2.20. The van der Waals surface area contributed by atoms with E-state index in [9.17, 15) is 9.59 Å². The lowest BCUT2D eigenvalue weighted by Crippen LogP contribution is -2.20. The lowest BCUT2D eigenvalue weighted by Gasteiger charge is -2.05. The van der Waals surface area contributed by atoms with Crippen LogP contribution in [-0.2, 0) is 0 Å². The summed E-state index contributed by atoms with van der Waals surface area (Å²) in [6.07, 6.45) is 4.05. The molecule has 2 heterocycles. The van der Waals surface area contributed by atoms with Crippen molar-refractivity contribution in [1.29, 1.82) is 0 Å². The number of carbonyl (C=O) groups excluding carboxylic acids is 1. The van der Waals surface area contributed by atoms with E-state index in [1.165, 1.54) is 24.9 Å². The molecule has 0 fully saturated rings. The Bertz CT molecular complexity index is 824. The van der Waals surface area contributed by atoms with Gasteiger partial charge in [-0.1, -0.05) is 6.07 Å². The van der Waals surface area contributed by atoms with E-state index in [1.807, 2.05) is 0 Å². The van der Waals surface area contributed by atoms with Gasteiger partial charge in [0.25, 0.3) is 5.91 Å². The monoisotopic (exact) mass is 282 g/mol. The fourth-order valence-electron chi connectivity index (χ4n) is 1.82. The van der Waals surface area contributed by atoms with Crippen molar-refractivity contribution in [3.8, 4) is 11.5 Å². The summed E-state index contributed by atoms with van der Waals surface area (Å²) in [5.74, 6) is -0.136. The highest BCUT2D eigenvalue weighted by atomic mass is 16.4. The number of aromatic nitrogens is 3. The average molecular weight is 282 g/mol. The minimum atomic E-state index is -0.487. The van der Waals surface area contributed by atoms with E-state index >= 15 is 0 Å². The van der Waals surface area contributed by atoms with Gasteiger partial charge < -0.3 is 14.7 Å². The number of aromatic amines is 1. The third-order valence-electron chi connectivity index (χ3n) is 2.80. The molecule has 0 radical (unpaired) electrons. The number of pyridine rings is 1. The van der Waals surface area contributed by atoms with Gasteiger partial charge in [0.15, 0.2) is 5.43 Å². The standard InChI is InChI=1S/C14H10N4O3/c19-12-4-5-15-7-11(12)13(20)17-10-3-1-2-9(6-10)14-18-16-8-21-14/h1-8H,(H,15,19)(H,17,20). The molecule has 0 unspecified atom stereocenters. The van der Waals surface area contributed by atoms with Crippen LogP contribution >= 0.6 is 0 Å². The van der Waals surface area contributed by atoms with Crippen LogP contribution in [0.2, 0.25) is 0 Å². The van der Waals surface area contributed by atoms with Crippen LogP contribution in [0.25, 0.3) is 11.5 Å². The van der Waals surface area contributed by atoms with Crippen LogP contribution in [0.5, 0.6) is 0 Å². The van der Waals surface area contributed by atoms with Gasteiger partial charge in [-0.15, -0.1) is 10.2 Å². The lowest BCUT2D eigenvalue weighted by atomic mass is 10.2. The molecule has 1 amide bonds. The molecule has 0 spiro atoms. The van der Waals surface area contributed by atoms with E-state index < -0.39 is 5.91 Å². The number of hydrogen-bond donors (Lipinski definition) is 2. The van der Waals surface area contributed by atoms with Crippen LogP contribution in [0.4, 0.5) is 5.69 Å². The van der Waals surface area contributed by atoms with Crippen LogP contribution in [-0.4, -0.2) is 21.1 Å². The molecular weight excluding hydrogens is 272 g/mol. The summed E-state index contributed by atoms with van der Waals surface area (Å²) in [4.78, 5) is 26.3. The van der Waals surface area contributed by atoms with E-state index in [0.29, 0.717) is 17.1 Å². The first-order chi connectivity index (χ1) is 10.2. The van der Waals surface area contributed by atoms with Crippen LogP contribution in [0.15, 0.2) is 58.3 Å². The summed E-state index contributed by atoms with van der Waals surface area (Å²) >= 11 is 0. The van der Waals surface area contributed by atoms with Crippen molar-refractivity contribution in [2.75, 3.05) is 5.32 Å². The first-order valence-corrected chi connectivity index (χ1v) is 6.09. The molecule has 0 saturated heterocycles. The zero-order valence-corrected chi connectivity index (χ0v) is 10.7. The molecule has 0 bridgehead atoms. The van der Waals surface area contributed by atoms with Crippen LogP contribution in [0.1, 0.15) is 10.4 Å². The van der Waals surface area contributed by atoms with Gasteiger partial charge in [-0.3, -0.25) is 9.59 Å². The maximum absolute atomic E-state index is 12.1. The Morgan fingerprint density at radius 1 is 1.29 bits per heavy atom. The van der Waals surface area contributed by atoms with Crippen molar-refractivity contribution in [2.45, 2.75) is 0 Å². The Morgan fingerprint density at radius 3 is 2.95 bits per heavy atom. The Labute approximate surface area is 118 Å². The number of rotatable bonds is 3. The summed E-state index contributed by atoms with van der Waals surface area (Å²) in [6.45, 7) is 0. The molecule has 7 nitrogen and oxygen atoms in total. The molecule has 0 saturated carbocycles. The topological polar surface area (TPSA) is 101 Å². The Balaban J connectivity index is 1.86. The predicted molar refractivity (Wildman–Crippen MR) is 74.7 cm³/mol. The zero-order valence-electron chi connectivity index (χ0n) is 10.7. The van der Waals surface area contributed by atoms with Crippen molar-refractivity contribution in [3.05, 3.63) is 64.9 Å². The third-order valence-corrected chi connectivity index (χ3v) is 2.80. The van der Waals surface area contributed by atoms with E-state index in [2.05, 4.69) is 20.5 Å². The van der Waals surface area contributed by atoms with Crippen LogP contribution in [0, 0.1) is 0 Å². The summed E-state index contributed by atoms with van der Waals surface area (Å²) in [7, 11) is 0. The molecule has 21 heavy (non-hydrogen) atoms. The molecule has 3 rings (SSSR count). The fraction of sp³-hybridized carbons (Fsp3) is 0. The molecule has 0 aliphatic carbocycles. The largest absolute Gasteiger partial charge is 0.423 e. The van der Waals surface area contributed by atoms with Gasteiger partial charge >= 0.3 is 0 Å². The van der Waals surface area contributed by atoms with Crippen molar-refractivity contribution in [1.82, 2.24) is 15.2 Å². The van der Waals surface area contributed by atoms with E-state index in [-0.39, 0.29) is 11.0 Å². The number of amides is 1. The van der Waals surface area contributed by atoms with Gasteiger partial charge in [-0.25, -0.2) is 0 Å². The van der Waals surface area contributed by atoms with E-state index in [0.717, 1.165) is 0 Å². The second-order valence-corrected chi connectivity index (χ2v) is 4.20. The minimum absolute atomic E-state index is 0.0423. The molecule has 1 aromatic carbocycles. The quantitative estimate of drug-likeness (QED) is 0.761. The predicted octanol–water partition coefficient (Wildman–Crippen LogP) is 1.68. The summed E-state index contributed by atoms with van der Waals surface area (Å²) in [5, 5.41) is 10.0. The Kier molecular flexibility index (Phi) is 3.30. The number of carbonyl (C=O) groups is 1. The zero-order chi connectivity index (χ0) is 14.7. The highest BCUT2D eigenvalue weighted by molar-refractivity contribution is 6.04. The molecule has 3 aromatic rings. The first-order valence-electron chi connectivity index (χ1n) is 6.09. The lowest BCUT2D eigenvalue weighted by molar-refractivity contribution is 0.102. The van der Waals surface area contributed by atoms with Crippen LogP contribution < -0.4 is 10.7 Å². The Morgan fingerprint density at radius 2 is 2.19 bits per heavy atom. The number of anilines is 1. The maximum Gasteiger partial charge on any atom is 0.261 e. The van der Waals surface area contributed by atoms with Gasteiger partial charge in [-0.2, -0.15) is 0 Å². The molecule has 2 aromatic heterocycles. The van der Waals surface area contributed by atoms with Gasteiger partial charge in [0, 0.05) is 29.7 Å². The van der Waals surface area contributed by atoms with Gasteiger partial charge in [0.1, 0.15) is 5.56 Å². The fourth-order valence-corrected chi connectivity index (χ4v) is 1.82. The number of nitrogens with one attached hydrogen (secondary N) is 2. The van der Waals surface area contributed by atoms with Crippen molar-refractivity contribution in [2.24, 2.45) is 0 Å². The average Bonchev–Trinajstić information content (AvgIpc) is 3.02. The number of benzene rings is 1. The molecular formula is C14H10N4O3. The third kappa shape index (κ3) is 2.71. The molecule has 0 aliphatic rings. The van der Waals surface area contributed by atoms with Gasteiger partial charge in [0.2, 0.25) is 12.3 Å². The smallest absolute Gasteiger partial charge is 0.261 e. The normalized spacial score (nSPS) is 10.3. The van der Waals surface area contributed by atoms with Crippen molar-refractivity contribution in [3.63, 3.8) is 0 Å². The van der Waals surface area contributed by atoms with E-state index in [4.69, 9.17) is 4.42 Å². The maximum atomic E-state index is 12.1. The molecule has 2 N–H and O–H groups in total. The second kappa shape index (κ2) is 5.41. The van der Waals surface area contributed by atoms with Crippen molar-refractivity contribution < 1.29 is 9.21 Å². The Hall–Kier alpha value is -3.22.